The summed E-state index contributed by atoms with van der Waals surface area (Å²) in [5.74, 6) is 1.57. The average Bonchev–Trinajstić information content (AvgIpc) is 3.11. The monoisotopic (exact) mass is 409 g/mol. The predicted octanol–water partition coefficient (Wildman–Crippen LogP) is 3.19. The summed E-state index contributed by atoms with van der Waals surface area (Å²) in [6.45, 7) is 8.11. The van der Waals surface area contributed by atoms with Gasteiger partial charge in [0.25, 0.3) is 0 Å². The van der Waals surface area contributed by atoms with E-state index in [1.54, 1.807) is 27.8 Å². The zero-order valence-corrected chi connectivity index (χ0v) is 18.7. The van der Waals surface area contributed by atoms with E-state index in [1.165, 1.54) is 18.4 Å². The van der Waals surface area contributed by atoms with Gasteiger partial charge in [0.2, 0.25) is 0 Å². The second-order valence-electron chi connectivity index (χ2n) is 8.42. The topological polar surface area (TPSA) is 79.8 Å². The van der Waals surface area contributed by atoms with Gasteiger partial charge in [-0.15, -0.1) is 0 Å². The van der Waals surface area contributed by atoms with Crippen LogP contribution in [-0.2, 0) is 16.4 Å². The molecule has 1 aromatic rings. The largest absolute Gasteiger partial charge is 0.490 e. The number of hydrogen-bond acceptors (Lipinski definition) is 4. The molecule has 1 saturated carbocycles. The summed E-state index contributed by atoms with van der Waals surface area (Å²) in [6, 6.07) is 6.23. The summed E-state index contributed by atoms with van der Waals surface area (Å²) >= 11 is 0. The summed E-state index contributed by atoms with van der Waals surface area (Å²) < 4.78 is 29.9. The first kappa shape index (κ1) is 22.5. The predicted molar refractivity (Wildman–Crippen MR) is 116 cm³/mol. The number of nitrogens with zero attached hydrogens (tertiary/aromatic N) is 1. The van der Waals surface area contributed by atoms with Gasteiger partial charge in [0, 0.05) is 25.7 Å². The third-order valence-electron chi connectivity index (χ3n) is 5.08. The Morgan fingerprint density at radius 3 is 2.50 bits per heavy atom. The number of hydrogen-bond donors (Lipinski definition) is 2. The summed E-state index contributed by atoms with van der Waals surface area (Å²) in [6.07, 6.45) is 5.01. The second-order valence-corrected chi connectivity index (χ2v) is 11.3. The molecule has 0 radical (unpaired) electrons. The van der Waals surface area contributed by atoms with Gasteiger partial charge in [0.1, 0.15) is 5.75 Å². The number of ether oxygens (including phenoxy) is 1. The second kappa shape index (κ2) is 9.63. The van der Waals surface area contributed by atoms with Crippen LogP contribution in [0.5, 0.6) is 5.75 Å². The van der Waals surface area contributed by atoms with Crippen LogP contribution in [0.4, 0.5) is 0 Å². The third kappa shape index (κ3) is 6.40. The van der Waals surface area contributed by atoms with Gasteiger partial charge in [-0.1, -0.05) is 12.1 Å². The van der Waals surface area contributed by atoms with E-state index in [9.17, 15) is 8.42 Å². The Labute approximate surface area is 170 Å². The van der Waals surface area contributed by atoms with Gasteiger partial charge in [0.15, 0.2) is 15.8 Å². The highest BCUT2D eigenvalue weighted by Crippen LogP contribution is 2.27. The lowest BCUT2D eigenvalue weighted by molar-refractivity contribution is 0.207. The highest BCUT2D eigenvalue weighted by Gasteiger charge is 2.28. The molecule has 0 unspecified atom stereocenters. The van der Waals surface area contributed by atoms with E-state index in [0.717, 1.165) is 24.2 Å². The highest BCUT2D eigenvalue weighted by atomic mass is 32.2. The first-order chi connectivity index (χ1) is 13.1. The molecule has 0 heterocycles. The van der Waals surface area contributed by atoms with Crippen molar-refractivity contribution < 1.29 is 13.2 Å². The molecule has 0 bridgehead atoms. The highest BCUT2D eigenvalue weighted by molar-refractivity contribution is 7.92. The molecule has 0 spiro atoms. The number of sulfone groups is 1. The lowest BCUT2D eigenvalue weighted by Gasteiger charge is -2.20. The number of aryl methyl sites for hydroxylation is 1. The van der Waals surface area contributed by atoms with Crippen molar-refractivity contribution in [2.75, 3.05) is 19.3 Å². The van der Waals surface area contributed by atoms with Crippen molar-refractivity contribution in [1.29, 1.82) is 0 Å². The number of rotatable bonds is 7. The number of guanidine groups is 1. The Balaban J connectivity index is 1.92. The summed E-state index contributed by atoms with van der Waals surface area (Å²) in [7, 11) is -1.48. The van der Waals surface area contributed by atoms with E-state index in [0.29, 0.717) is 25.2 Å². The molecule has 1 aromatic carbocycles. The van der Waals surface area contributed by atoms with E-state index in [2.05, 4.69) is 40.7 Å². The van der Waals surface area contributed by atoms with Gasteiger partial charge in [-0.25, -0.2) is 8.42 Å². The maximum Gasteiger partial charge on any atom is 0.191 e. The Morgan fingerprint density at radius 1 is 1.21 bits per heavy atom. The molecule has 1 fully saturated rings. The zero-order chi connectivity index (χ0) is 20.8. The van der Waals surface area contributed by atoms with E-state index < -0.39 is 14.6 Å². The molecule has 7 heteroatoms. The van der Waals surface area contributed by atoms with Crippen molar-refractivity contribution in [3.63, 3.8) is 0 Å². The number of aliphatic imine (C=N–C) groups is 1. The normalized spacial score (nSPS) is 16.2. The Hall–Kier alpha value is -1.76. The molecule has 0 aliphatic heterocycles. The standard InChI is InChI=1S/C21H35N3O3S/c1-16-10-11-17(19(14-16)27-18-8-6-7-9-18)15-24-20(22-5)23-12-13-28(25,26)21(2,3)4/h10-11,14,18H,6-9,12-13,15H2,1-5H3,(H2,22,23,24). The molecule has 158 valence electrons. The van der Waals surface area contributed by atoms with Crippen LogP contribution in [0.2, 0.25) is 0 Å². The molecular formula is C21H35N3O3S. The lowest BCUT2D eigenvalue weighted by Crippen LogP contribution is -2.41. The van der Waals surface area contributed by atoms with Gasteiger partial charge in [0.05, 0.1) is 16.6 Å². The SMILES string of the molecule is CN=C(NCCS(=O)(=O)C(C)(C)C)NCc1ccc(C)cc1OC1CCCC1. The van der Waals surface area contributed by atoms with Crippen molar-refractivity contribution in [3.05, 3.63) is 29.3 Å². The van der Waals surface area contributed by atoms with Gasteiger partial charge in [-0.05, 0) is 65.0 Å². The van der Waals surface area contributed by atoms with Crippen LogP contribution < -0.4 is 15.4 Å². The quantitative estimate of drug-likeness (QED) is 0.534. The molecule has 2 N–H and O–H groups in total. The van der Waals surface area contributed by atoms with Crippen molar-refractivity contribution in [2.45, 2.75) is 70.8 Å². The van der Waals surface area contributed by atoms with Crippen molar-refractivity contribution in [3.8, 4) is 5.75 Å². The van der Waals surface area contributed by atoms with Gasteiger partial charge in [-0.3, -0.25) is 4.99 Å². The van der Waals surface area contributed by atoms with Crippen LogP contribution in [-0.4, -0.2) is 44.6 Å². The number of nitrogens with one attached hydrogen (secondary N) is 2. The Morgan fingerprint density at radius 2 is 1.89 bits per heavy atom. The first-order valence-electron chi connectivity index (χ1n) is 10.1. The minimum Gasteiger partial charge on any atom is -0.490 e. The molecule has 1 aliphatic carbocycles. The van der Waals surface area contributed by atoms with Crippen LogP contribution in [0.3, 0.4) is 0 Å². The van der Waals surface area contributed by atoms with Gasteiger partial charge < -0.3 is 15.4 Å². The molecule has 0 aromatic heterocycles. The summed E-state index contributed by atoms with van der Waals surface area (Å²) in [5.41, 5.74) is 2.24. The van der Waals surface area contributed by atoms with Gasteiger partial charge >= 0.3 is 0 Å². The lowest BCUT2D eigenvalue weighted by atomic mass is 10.1. The first-order valence-corrected chi connectivity index (χ1v) is 11.7. The van der Waals surface area contributed by atoms with Crippen molar-refractivity contribution >= 4 is 15.8 Å². The van der Waals surface area contributed by atoms with E-state index in [1.807, 2.05) is 0 Å². The maximum atomic E-state index is 12.2. The summed E-state index contributed by atoms with van der Waals surface area (Å²) in [4.78, 5) is 4.19. The fourth-order valence-corrected chi connectivity index (χ4v) is 4.10. The fraction of sp³-hybridized carbons (Fsp3) is 0.667. The van der Waals surface area contributed by atoms with Crippen molar-refractivity contribution in [2.24, 2.45) is 4.99 Å². The Bertz CT molecular complexity index is 777. The van der Waals surface area contributed by atoms with Gasteiger partial charge in [-0.2, -0.15) is 0 Å². The van der Waals surface area contributed by atoms with E-state index >= 15 is 0 Å². The summed E-state index contributed by atoms with van der Waals surface area (Å²) in [5, 5.41) is 6.35. The number of benzene rings is 1. The molecular weight excluding hydrogens is 374 g/mol. The molecule has 0 amide bonds. The van der Waals surface area contributed by atoms with Crippen LogP contribution in [0.1, 0.15) is 57.6 Å². The molecule has 6 nitrogen and oxygen atoms in total. The molecule has 28 heavy (non-hydrogen) atoms. The molecule has 2 rings (SSSR count). The smallest absolute Gasteiger partial charge is 0.191 e. The minimum atomic E-state index is -3.16. The molecule has 0 saturated heterocycles. The van der Waals surface area contributed by atoms with Crippen LogP contribution >= 0.6 is 0 Å². The average molecular weight is 410 g/mol. The third-order valence-corrected chi connectivity index (χ3v) is 7.69. The van der Waals surface area contributed by atoms with Crippen LogP contribution in [0, 0.1) is 6.92 Å². The zero-order valence-electron chi connectivity index (χ0n) is 17.8. The fourth-order valence-electron chi connectivity index (χ4n) is 3.11. The van der Waals surface area contributed by atoms with E-state index in [-0.39, 0.29) is 5.75 Å². The molecule has 1 aliphatic rings. The van der Waals surface area contributed by atoms with E-state index in [4.69, 9.17) is 4.74 Å². The van der Waals surface area contributed by atoms with Crippen molar-refractivity contribution in [1.82, 2.24) is 10.6 Å². The minimum absolute atomic E-state index is 0.0672. The molecule has 0 atom stereocenters. The Kier molecular flexibility index (Phi) is 7.75. The van der Waals surface area contributed by atoms with Crippen LogP contribution in [0.15, 0.2) is 23.2 Å². The maximum absolute atomic E-state index is 12.2. The van der Waals surface area contributed by atoms with Crippen LogP contribution in [0.25, 0.3) is 0 Å².